The van der Waals surface area contributed by atoms with Crippen molar-refractivity contribution in [1.82, 2.24) is 0 Å². The lowest BCUT2D eigenvalue weighted by atomic mass is 9.67. The molecule has 308 valence electrons. The van der Waals surface area contributed by atoms with Gasteiger partial charge in [0, 0.05) is 22.5 Å². The van der Waals surface area contributed by atoms with Gasteiger partial charge in [-0.25, -0.2) is 0 Å². The highest BCUT2D eigenvalue weighted by Gasteiger charge is 2.47. The maximum Gasteiger partial charge on any atom is 0.0714 e. The van der Waals surface area contributed by atoms with Crippen molar-refractivity contribution in [3.05, 3.63) is 282 Å². The van der Waals surface area contributed by atoms with E-state index in [-0.39, 0.29) is 5.41 Å². The molecule has 2 aliphatic carbocycles. The Kier molecular flexibility index (Phi) is 9.14. The fourth-order valence-corrected chi connectivity index (χ4v) is 11.1. The molecule has 0 radical (unpaired) electrons. The number of rotatable bonds is 8. The van der Waals surface area contributed by atoms with Crippen LogP contribution in [0.5, 0.6) is 0 Å². The third kappa shape index (κ3) is 6.15. The standard InChI is InChI=1S/C64H47N/c1-63(2)58-35-17-16-34-56(58)62-57(46-25-11-5-12-26-46)41-53(43-61(62)63)65(51-32-20-28-48(40-51)45-23-9-4-10-24-45)52-37-38-55-54-33-15-18-36-59(54)64(60(55)42-52,49-29-13-6-14-30-49)50-31-19-27-47(39-50)44-21-7-3-8-22-44/h3-43H,1-2H3. The van der Waals surface area contributed by atoms with Gasteiger partial charge in [0.1, 0.15) is 0 Å². The second-order valence-corrected chi connectivity index (χ2v) is 18.0. The van der Waals surface area contributed by atoms with E-state index < -0.39 is 5.41 Å². The van der Waals surface area contributed by atoms with Crippen LogP contribution in [0.15, 0.2) is 249 Å². The van der Waals surface area contributed by atoms with Crippen molar-refractivity contribution in [1.29, 1.82) is 0 Å². The van der Waals surface area contributed by atoms with Crippen molar-refractivity contribution in [3.8, 4) is 55.6 Å². The maximum absolute atomic E-state index is 2.51. The van der Waals surface area contributed by atoms with Gasteiger partial charge in [0.25, 0.3) is 0 Å². The van der Waals surface area contributed by atoms with Crippen LogP contribution in [0.25, 0.3) is 55.6 Å². The summed E-state index contributed by atoms with van der Waals surface area (Å²) in [6.45, 7) is 4.78. The molecule has 0 spiro atoms. The van der Waals surface area contributed by atoms with Crippen LogP contribution in [0.2, 0.25) is 0 Å². The van der Waals surface area contributed by atoms with Crippen LogP contribution in [-0.4, -0.2) is 0 Å². The highest BCUT2D eigenvalue weighted by Crippen LogP contribution is 2.59. The van der Waals surface area contributed by atoms with Gasteiger partial charge in [-0.2, -0.15) is 0 Å². The Bertz CT molecular complexity index is 3390. The average molecular weight is 830 g/mol. The van der Waals surface area contributed by atoms with Crippen LogP contribution >= 0.6 is 0 Å². The Balaban J connectivity index is 1.15. The zero-order chi connectivity index (χ0) is 43.5. The third-order valence-electron chi connectivity index (χ3n) is 14.1. The number of benzene rings is 10. The first-order chi connectivity index (χ1) is 32.0. The van der Waals surface area contributed by atoms with Gasteiger partial charge in [-0.05, 0) is 131 Å². The molecule has 65 heavy (non-hydrogen) atoms. The molecule has 10 aromatic carbocycles. The first-order valence-electron chi connectivity index (χ1n) is 22.8. The number of fused-ring (bicyclic) bond motifs is 6. The third-order valence-corrected chi connectivity index (χ3v) is 14.1. The molecule has 1 atom stereocenters. The summed E-state index contributed by atoms with van der Waals surface area (Å²) in [5, 5.41) is 0. The first kappa shape index (κ1) is 38.7. The zero-order valence-corrected chi connectivity index (χ0v) is 36.6. The largest absolute Gasteiger partial charge is 0.310 e. The van der Waals surface area contributed by atoms with Gasteiger partial charge in [-0.3, -0.25) is 0 Å². The highest BCUT2D eigenvalue weighted by atomic mass is 15.1. The van der Waals surface area contributed by atoms with Crippen LogP contribution < -0.4 is 4.90 Å². The molecular formula is C64H47N. The van der Waals surface area contributed by atoms with Crippen LogP contribution in [0, 0.1) is 0 Å². The molecule has 0 fully saturated rings. The summed E-state index contributed by atoms with van der Waals surface area (Å²) in [6, 6.07) is 92.2. The van der Waals surface area contributed by atoms with Gasteiger partial charge in [0.05, 0.1) is 5.41 Å². The zero-order valence-electron chi connectivity index (χ0n) is 36.6. The molecule has 0 saturated heterocycles. The summed E-state index contributed by atoms with van der Waals surface area (Å²) in [7, 11) is 0. The van der Waals surface area contributed by atoms with Gasteiger partial charge in [-0.1, -0.05) is 220 Å². The lowest BCUT2D eigenvalue weighted by Gasteiger charge is -2.35. The van der Waals surface area contributed by atoms with Crippen molar-refractivity contribution < 1.29 is 0 Å². The number of hydrogen-bond acceptors (Lipinski definition) is 1. The summed E-state index contributed by atoms with van der Waals surface area (Å²) in [5.74, 6) is 0. The number of hydrogen-bond donors (Lipinski definition) is 0. The number of anilines is 3. The van der Waals surface area contributed by atoms with E-state index in [1.54, 1.807) is 0 Å². The molecule has 0 aliphatic heterocycles. The fourth-order valence-electron chi connectivity index (χ4n) is 11.1. The summed E-state index contributed by atoms with van der Waals surface area (Å²) in [5.41, 5.74) is 22.7. The topological polar surface area (TPSA) is 3.24 Å². The molecule has 1 heteroatoms. The van der Waals surface area contributed by atoms with Crippen molar-refractivity contribution in [3.63, 3.8) is 0 Å². The van der Waals surface area contributed by atoms with Gasteiger partial charge in [-0.15, -0.1) is 0 Å². The van der Waals surface area contributed by atoms with Crippen LogP contribution in [0.4, 0.5) is 17.1 Å². The van der Waals surface area contributed by atoms with Crippen molar-refractivity contribution >= 4 is 17.1 Å². The SMILES string of the molecule is CC1(C)c2ccccc2-c2c(-c3ccccc3)cc(N(c3cccc(-c4ccccc4)c3)c3ccc4c(c3)C(c3ccccc3)(c3cccc(-c5ccccc5)c3)c3ccccc3-4)cc21. The highest BCUT2D eigenvalue weighted by molar-refractivity contribution is 5.97. The molecule has 1 nitrogen and oxygen atoms in total. The predicted octanol–water partition coefficient (Wildman–Crippen LogP) is 16.8. The lowest BCUT2D eigenvalue weighted by molar-refractivity contribution is 0.660. The van der Waals surface area contributed by atoms with Crippen LogP contribution in [0.3, 0.4) is 0 Å². The van der Waals surface area contributed by atoms with E-state index >= 15 is 0 Å². The van der Waals surface area contributed by atoms with E-state index in [0.29, 0.717) is 0 Å². The molecule has 1 unspecified atom stereocenters. The molecule has 0 aromatic heterocycles. The molecule has 0 heterocycles. The molecule has 10 aromatic rings. The molecule has 2 aliphatic rings. The Morgan fingerprint density at radius 1 is 0.277 bits per heavy atom. The van der Waals surface area contributed by atoms with E-state index in [1.807, 2.05) is 0 Å². The van der Waals surface area contributed by atoms with E-state index in [0.717, 1.165) is 17.1 Å². The monoisotopic (exact) mass is 829 g/mol. The molecule has 0 amide bonds. The Labute approximate surface area is 382 Å². The Hall–Kier alpha value is -8.00. The van der Waals surface area contributed by atoms with Gasteiger partial charge < -0.3 is 4.90 Å². The quantitative estimate of drug-likeness (QED) is 0.147. The minimum absolute atomic E-state index is 0.213. The number of nitrogens with zero attached hydrogens (tertiary/aromatic N) is 1. The van der Waals surface area contributed by atoms with Crippen LogP contribution in [-0.2, 0) is 10.8 Å². The molecule has 0 bridgehead atoms. The van der Waals surface area contributed by atoms with E-state index in [9.17, 15) is 0 Å². The van der Waals surface area contributed by atoms with Crippen LogP contribution in [0.1, 0.15) is 47.2 Å². The smallest absolute Gasteiger partial charge is 0.0714 e. The summed E-state index contributed by atoms with van der Waals surface area (Å²) < 4.78 is 0. The van der Waals surface area contributed by atoms with E-state index in [1.165, 1.54) is 89.0 Å². The lowest BCUT2D eigenvalue weighted by Crippen LogP contribution is -2.29. The minimum Gasteiger partial charge on any atom is -0.310 e. The predicted molar refractivity (Wildman–Crippen MR) is 272 cm³/mol. The maximum atomic E-state index is 2.51. The van der Waals surface area contributed by atoms with Gasteiger partial charge in [0.15, 0.2) is 0 Å². The molecule has 12 rings (SSSR count). The summed E-state index contributed by atoms with van der Waals surface area (Å²) in [4.78, 5) is 2.51. The van der Waals surface area contributed by atoms with Crippen molar-refractivity contribution in [2.45, 2.75) is 24.7 Å². The Morgan fingerprint density at radius 3 is 1.46 bits per heavy atom. The summed E-state index contributed by atoms with van der Waals surface area (Å²) in [6.07, 6.45) is 0. The average Bonchev–Trinajstić information content (AvgIpc) is 3.80. The second kappa shape index (κ2) is 15.4. The van der Waals surface area contributed by atoms with Crippen molar-refractivity contribution in [2.24, 2.45) is 0 Å². The molecular weight excluding hydrogens is 783 g/mol. The fraction of sp³-hybridized carbons (Fsp3) is 0.0625. The molecule has 0 saturated carbocycles. The second-order valence-electron chi connectivity index (χ2n) is 18.0. The first-order valence-corrected chi connectivity index (χ1v) is 22.8. The minimum atomic E-state index is -0.595. The van der Waals surface area contributed by atoms with Gasteiger partial charge in [0.2, 0.25) is 0 Å². The van der Waals surface area contributed by atoms with Crippen molar-refractivity contribution in [2.75, 3.05) is 4.90 Å². The van der Waals surface area contributed by atoms with Gasteiger partial charge >= 0.3 is 0 Å². The molecule has 0 N–H and O–H groups in total. The normalized spacial score (nSPS) is 15.1. The van der Waals surface area contributed by atoms with E-state index in [4.69, 9.17) is 0 Å². The summed E-state index contributed by atoms with van der Waals surface area (Å²) >= 11 is 0. The van der Waals surface area contributed by atoms with E-state index in [2.05, 4.69) is 267 Å². The Morgan fingerprint density at radius 2 is 0.769 bits per heavy atom.